The molecule has 0 bridgehead atoms. The van der Waals surface area contributed by atoms with E-state index in [1.54, 1.807) is 6.20 Å². The molecule has 2 heterocycles. The van der Waals surface area contributed by atoms with Crippen molar-refractivity contribution in [3.63, 3.8) is 0 Å². The summed E-state index contributed by atoms with van der Waals surface area (Å²) in [6.07, 6.45) is 8.12. The van der Waals surface area contributed by atoms with E-state index < -0.39 is 0 Å². The van der Waals surface area contributed by atoms with Gasteiger partial charge in [0.25, 0.3) is 5.91 Å². The van der Waals surface area contributed by atoms with Gasteiger partial charge in [-0.3, -0.25) is 4.79 Å². The minimum absolute atomic E-state index is 0.0270. The smallest absolute Gasteiger partial charge is 0.256 e. The Kier molecular flexibility index (Phi) is 3.68. The molecule has 20 heavy (non-hydrogen) atoms. The Balaban J connectivity index is 1.85. The maximum Gasteiger partial charge on any atom is 0.256 e. The number of anilines is 1. The van der Waals surface area contributed by atoms with Gasteiger partial charge in [-0.1, -0.05) is 12.8 Å². The molecular formula is C15H24N4O. The van der Waals surface area contributed by atoms with E-state index in [9.17, 15) is 4.79 Å². The molecule has 3 rings (SSSR count). The van der Waals surface area contributed by atoms with Crippen molar-refractivity contribution < 1.29 is 4.79 Å². The largest absolute Gasteiger partial charge is 0.370 e. The zero-order valence-corrected chi connectivity index (χ0v) is 12.4. The number of hydrogen-bond donors (Lipinski definition) is 2. The van der Waals surface area contributed by atoms with Crippen LogP contribution in [0.2, 0.25) is 0 Å². The first-order valence-corrected chi connectivity index (χ1v) is 7.79. The third kappa shape index (κ3) is 2.41. The average Bonchev–Trinajstić information content (AvgIpc) is 3.07. The highest BCUT2D eigenvalue weighted by molar-refractivity contribution is 5.98. The molecule has 0 aromatic carbocycles. The van der Waals surface area contributed by atoms with Crippen molar-refractivity contribution in [3.8, 4) is 0 Å². The summed E-state index contributed by atoms with van der Waals surface area (Å²) >= 11 is 0. The molecule has 1 aromatic rings. The van der Waals surface area contributed by atoms with Crippen molar-refractivity contribution in [1.29, 1.82) is 0 Å². The predicted octanol–water partition coefficient (Wildman–Crippen LogP) is 2.57. The molecule has 1 amide bonds. The summed E-state index contributed by atoms with van der Waals surface area (Å²) in [5, 5.41) is 10.8. The number of aromatic nitrogens is 2. The quantitative estimate of drug-likeness (QED) is 0.892. The van der Waals surface area contributed by atoms with Crippen molar-refractivity contribution in [3.05, 3.63) is 11.8 Å². The molecule has 1 unspecified atom stereocenters. The SMILES string of the molecule is CC(C)NC(=O)c1cnn2c1NCCC2C1CCCC1. The molecule has 0 spiro atoms. The van der Waals surface area contributed by atoms with Crippen LogP contribution in [0.3, 0.4) is 0 Å². The monoisotopic (exact) mass is 276 g/mol. The van der Waals surface area contributed by atoms with Crippen molar-refractivity contribution >= 4 is 11.7 Å². The number of rotatable bonds is 3. The number of nitrogens with one attached hydrogen (secondary N) is 2. The second kappa shape index (κ2) is 5.46. The summed E-state index contributed by atoms with van der Waals surface area (Å²) < 4.78 is 2.06. The van der Waals surface area contributed by atoms with Gasteiger partial charge in [0, 0.05) is 12.6 Å². The number of fused-ring (bicyclic) bond motifs is 1. The first-order chi connectivity index (χ1) is 9.66. The topological polar surface area (TPSA) is 59.0 Å². The molecule has 0 saturated heterocycles. The Labute approximate surface area is 120 Å². The van der Waals surface area contributed by atoms with E-state index in [0.29, 0.717) is 11.6 Å². The Morgan fingerprint density at radius 1 is 1.40 bits per heavy atom. The number of carbonyl (C=O) groups is 1. The second-order valence-corrected chi connectivity index (χ2v) is 6.31. The van der Waals surface area contributed by atoms with E-state index in [4.69, 9.17) is 0 Å². The van der Waals surface area contributed by atoms with Gasteiger partial charge in [-0.25, -0.2) is 4.68 Å². The molecule has 1 aliphatic heterocycles. The van der Waals surface area contributed by atoms with Crippen LogP contribution in [-0.2, 0) is 0 Å². The third-order valence-electron chi connectivity index (χ3n) is 4.45. The molecule has 0 radical (unpaired) electrons. The van der Waals surface area contributed by atoms with E-state index in [0.717, 1.165) is 24.7 Å². The Hall–Kier alpha value is -1.52. The molecule has 1 aliphatic carbocycles. The van der Waals surface area contributed by atoms with Crippen molar-refractivity contribution in [2.75, 3.05) is 11.9 Å². The molecule has 1 aromatic heterocycles. The summed E-state index contributed by atoms with van der Waals surface area (Å²) in [7, 11) is 0. The molecule has 2 aliphatic rings. The third-order valence-corrected chi connectivity index (χ3v) is 4.45. The summed E-state index contributed by atoms with van der Waals surface area (Å²) in [5.41, 5.74) is 0.682. The summed E-state index contributed by atoms with van der Waals surface area (Å²) in [4.78, 5) is 12.2. The van der Waals surface area contributed by atoms with Gasteiger partial charge in [0.15, 0.2) is 0 Å². The first kappa shape index (κ1) is 13.5. The number of carbonyl (C=O) groups excluding carboxylic acids is 1. The number of hydrogen-bond acceptors (Lipinski definition) is 3. The van der Waals surface area contributed by atoms with Gasteiger partial charge in [0.1, 0.15) is 11.4 Å². The minimum Gasteiger partial charge on any atom is -0.370 e. The van der Waals surface area contributed by atoms with Gasteiger partial charge in [-0.05, 0) is 39.0 Å². The molecule has 2 N–H and O–H groups in total. The molecule has 110 valence electrons. The lowest BCUT2D eigenvalue weighted by Gasteiger charge is -2.30. The molecule has 1 saturated carbocycles. The van der Waals surface area contributed by atoms with Gasteiger partial charge in [0.2, 0.25) is 0 Å². The second-order valence-electron chi connectivity index (χ2n) is 6.31. The van der Waals surface area contributed by atoms with E-state index in [-0.39, 0.29) is 11.9 Å². The van der Waals surface area contributed by atoms with Crippen molar-refractivity contribution in [2.24, 2.45) is 5.92 Å². The predicted molar refractivity (Wildman–Crippen MR) is 78.9 cm³/mol. The van der Waals surface area contributed by atoms with E-state index in [1.807, 2.05) is 13.8 Å². The average molecular weight is 276 g/mol. The van der Waals surface area contributed by atoms with E-state index >= 15 is 0 Å². The maximum atomic E-state index is 12.2. The molecule has 1 atom stereocenters. The normalized spacial score (nSPS) is 22.6. The highest BCUT2D eigenvalue weighted by Crippen LogP contribution is 2.39. The van der Waals surface area contributed by atoms with Crippen LogP contribution >= 0.6 is 0 Å². The van der Waals surface area contributed by atoms with Crippen LogP contribution < -0.4 is 10.6 Å². The summed E-state index contributed by atoms with van der Waals surface area (Å²) in [6.45, 7) is 4.89. The maximum absolute atomic E-state index is 12.2. The van der Waals surface area contributed by atoms with E-state index in [2.05, 4.69) is 20.4 Å². The Morgan fingerprint density at radius 3 is 2.85 bits per heavy atom. The fourth-order valence-electron chi connectivity index (χ4n) is 3.53. The van der Waals surface area contributed by atoms with Crippen LogP contribution in [-0.4, -0.2) is 28.3 Å². The number of amides is 1. The van der Waals surface area contributed by atoms with E-state index in [1.165, 1.54) is 25.7 Å². The Morgan fingerprint density at radius 2 is 2.15 bits per heavy atom. The fraction of sp³-hybridized carbons (Fsp3) is 0.733. The lowest BCUT2D eigenvalue weighted by Crippen LogP contribution is -2.32. The van der Waals surface area contributed by atoms with Crippen LogP contribution in [0.15, 0.2) is 6.20 Å². The highest BCUT2D eigenvalue weighted by Gasteiger charge is 2.32. The molecular weight excluding hydrogens is 252 g/mol. The highest BCUT2D eigenvalue weighted by atomic mass is 16.1. The van der Waals surface area contributed by atoms with Gasteiger partial charge >= 0.3 is 0 Å². The first-order valence-electron chi connectivity index (χ1n) is 7.79. The zero-order chi connectivity index (χ0) is 14.1. The zero-order valence-electron chi connectivity index (χ0n) is 12.4. The van der Waals surface area contributed by atoms with Crippen LogP contribution in [0.5, 0.6) is 0 Å². The van der Waals surface area contributed by atoms with Crippen LogP contribution in [0.25, 0.3) is 0 Å². The van der Waals surface area contributed by atoms with Gasteiger partial charge in [-0.2, -0.15) is 5.10 Å². The summed E-state index contributed by atoms with van der Waals surface area (Å²) in [6, 6.07) is 0.613. The molecule has 5 heteroatoms. The lowest BCUT2D eigenvalue weighted by atomic mass is 9.94. The van der Waals surface area contributed by atoms with Gasteiger partial charge in [-0.15, -0.1) is 0 Å². The van der Waals surface area contributed by atoms with Crippen LogP contribution in [0, 0.1) is 5.92 Å². The van der Waals surface area contributed by atoms with Crippen molar-refractivity contribution in [2.45, 2.75) is 58.0 Å². The fourth-order valence-corrected chi connectivity index (χ4v) is 3.53. The molecule has 1 fully saturated rings. The standard InChI is InChI=1S/C15H24N4O/c1-10(2)18-15(20)12-9-17-19-13(7-8-16-14(12)19)11-5-3-4-6-11/h9-11,13,16H,3-8H2,1-2H3,(H,18,20). The lowest BCUT2D eigenvalue weighted by molar-refractivity contribution is 0.0943. The summed E-state index contributed by atoms with van der Waals surface area (Å²) in [5.74, 6) is 1.61. The molecule has 5 nitrogen and oxygen atoms in total. The van der Waals surface area contributed by atoms with Crippen LogP contribution in [0.1, 0.15) is 62.4 Å². The number of nitrogens with zero attached hydrogens (tertiary/aromatic N) is 2. The Bertz CT molecular complexity index is 488. The van der Waals surface area contributed by atoms with Gasteiger partial charge in [0.05, 0.1) is 12.2 Å². The van der Waals surface area contributed by atoms with Crippen LogP contribution in [0.4, 0.5) is 5.82 Å². The minimum atomic E-state index is -0.0270. The van der Waals surface area contributed by atoms with Gasteiger partial charge < -0.3 is 10.6 Å². The van der Waals surface area contributed by atoms with Crippen molar-refractivity contribution in [1.82, 2.24) is 15.1 Å².